The van der Waals surface area contributed by atoms with Gasteiger partial charge in [-0.05, 0) is 48.7 Å². The molecule has 0 aliphatic carbocycles. The lowest BCUT2D eigenvalue weighted by molar-refractivity contribution is -0.117. The first kappa shape index (κ1) is 18.5. The normalized spacial score (nSPS) is 12.7. The van der Waals surface area contributed by atoms with Crippen molar-refractivity contribution in [1.29, 1.82) is 0 Å². The molecule has 136 valence electrons. The van der Waals surface area contributed by atoms with Crippen LogP contribution in [0.15, 0.2) is 53.4 Å². The van der Waals surface area contributed by atoms with Crippen molar-refractivity contribution in [3.63, 3.8) is 0 Å². The molecule has 0 fully saturated rings. The van der Waals surface area contributed by atoms with Gasteiger partial charge in [0.15, 0.2) is 0 Å². The van der Waals surface area contributed by atoms with Gasteiger partial charge in [0.1, 0.15) is 0 Å². The lowest BCUT2D eigenvalue weighted by atomic mass is 10.2. The smallest absolute Gasteiger partial charge is 0.237 e. The Hall–Kier alpha value is -2.27. The Bertz CT molecular complexity index is 774. The lowest BCUT2D eigenvalue weighted by Crippen LogP contribution is -2.30. The van der Waals surface area contributed by atoms with Crippen molar-refractivity contribution < 1.29 is 9.59 Å². The maximum Gasteiger partial charge on any atom is 0.237 e. The number of anilines is 2. The van der Waals surface area contributed by atoms with Crippen LogP contribution in [0.4, 0.5) is 11.4 Å². The van der Waals surface area contributed by atoms with Crippen LogP contribution in [0.3, 0.4) is 0 Å². The molecule has 1 aliphatic rings. The Labute approximate surface area is 159 Å². The highest BCUT2D eigenvalue weighted by Gasteiger charge is 2.23. The summed E-state index contributed by atoms with van der Waals surface area (Å²) in [5.41, 5.74) is 3.09. The Morgan fingerprint density at radius 1 is 1.12 bits per heavy atom. The van der Waals surface area contributed by atoms with E-state index in [1.54, 1.807) is 0 Å². The summed E-state index contributed by atoms with van der Waals surface area (Å²) in [6.45, 7) is 2.84. The van der Waals surface area contributed by atoms with Gasteiger partial charge in [0.05, 0.1) is 5.75 Å². The van der Waals surface area contributed by atoms with E-state index in [0.717, 1.165) is 42.1 Å². The highest BCUT2D eigenvalue weighted by atomic mass is 32.2. The molecule has 0 radical (unpaired) electrons. The lowest BCUT2D eigenvalue weighted by Gasteiger charge is -2.17. The largest absolute Gasteiger partial charge is 0.326 e. The molecular formula is C21H24N2O2S. The number of amides is 2. The van der Waals surface area contributed by atoms with Gasteiger partial charge in [-0.15, -0.1) is 11.8 Å². The van der Waals surface area contributed by atoms with E-state index < -0.39 is 0 Å². The van der Waals surface area contributed by atoms with E-state index in [1.165, 1.54) is 17.3 Å². The second-order valence-corrected chi connectivity index (χ2v) is 7.44. The number of hydrogen-bond donors (Lipinski definition) is 1. The van der Waals surface area contributed by atoms with E-state index in [-0.39, 0.29) is 11.8 Å². The van der Waals surface area contributed by atoms with Crippen molar-refractivity contribution in [1.82, 2.24) is 0 Å². The van der Waals surface area contributed by atoms with Crippen LogP contribution in [0.5, 0.6) is 0 Å². The van der Waals surface area contributed by atoms with Crippen LogP contribution in [0.1, 0.15) is 31.7 Å². The van der Waals surface area contributed by atoms with Gasteiger partial charge in [0.25, 0.3) is 0 Å². The summed E-state index contributed by atoms with van der Waals surface area (Å²) >= 11 is 1.53. The molecule has 2 aromatic carbocycles. The number of para-hydroxylation sites is 1. The van der Waals surface area contributed by atoms with Crippen LogP contribution >= 0.6 is 11.8 Å². The van der Waals surface area contributed by atoms with Gasteiger partial charge in [-0.2, -0.15) is 0 Å². The average molecular weight is 369 g/mol. The van der Waals surface area contributed by atoms with E-state index in [1.807, 2.05) is 47.4 Å². The number of carbonyl (C=O) groups excluding carboxylic acids is 2. The molecule has 5 heteroatoms. The molecule has 0 atom stereocenters. The number of nitrogens with zero attached hydrogens (tertiary/aromatic N) is 1. The molecule has 0 aromatic heterocycles. The second-order valence-electron chi connectivity index (χ2n) is 6.39. The van der Waals surface area contributed by atoms with Gasteiger partial charge in [-0.25, -0.2) is 0 Å². The van der Waals surface area contributed by atoms with E-state index in [4.69, 9.17) is 0 Å². The standard InChI is InChI=1S/C21H24N2O2S/c1-2-3-8-20(24)22-17-9-11-18(12-10-17)26-15-21(25)23-14-13-16-6-4-5-7-19(16)23/h4-7,9-12H,2-3,8,13-15H2,1H3,(H,22,24). The molecule has 4 nitrogen and oxygen atoms in total. The first-order chi connectivity index (χ1) is 12.7. The quantitative estimate of drug-likeness (QED) is 0.732. The first-order valence-electron chi connectivity index (χ1n) is 9.08. The molecule has 1 N–H and O–H groups in total. The summed E-state index contributed by atoms with van der Waals surface area (Å²) in [5, 5.41) is 2.90. The third kappa shape index (κ3) is 4.67. The van der Waals surface area contributed by atoms with E-state index in [0.29, 0.717) is 12.2 Å². The van der Waals surface area contributed by atoms with Crippen LogP contribution in [-0.2, 0) is 16.0 Å². The molecule has 0 bridgehead atoms. The average Bonchev–Trinajstić information content (AvgIpc) is 3.10. The molecule has 3 rings (SSSR count). The van der Waals surface area contributed by atoms with Crippen molar-refractivity contribution in [2.24, 2.45) is 0 Å². The number of nitrogens with one attached hydrogen (secondary N) is 1. The van der Waals surface area contributed by atoms with Crippen LogP contribution in [-0.4, -0.2) is 24.1 Å². The Kier molecular flexibility index (Phi) is 6.34. The summed E-state index contributed by atoms with van der Waals surface area (Å²) in [5.74, 6) is 0.600. The highest BCUT2D eigenvalue weighted by molar-refractivity contribution is 8.00. The summed E-state index contributed by atoms with van der Waals surface area (Å²) in [7, 11) is 0. The number of thioether (sulfide) groups is 1. The minimum absolute atomic E-state index is 0.0510. The molecule has 1 aliphatic heterocycles. The van der Waals surface area contributed by atoms with Gasteiger partial charge >= 0.3 is 0 Å². The van der Waals surface area contributed by atoms with Gasteiger partial charge in [-0.3, -0.25) is 9.59 Å². The van der Waals surface area contributed by atoms with E-state index in [2.05, 4.69) is 18.3 Å². The summed E-state index contributed by atoms with van der Waals surface area (Å²) in [6, 6.07) is 15.8. The first-order valence-corrected chi connectivity index (χ1v) is 10.1. The molecule has 2 aromatic rings. The molecular weight excluding hydrogens is 344 g/mol. The monoisotopic (exact) mass is 368 g/mol. The molecule has 0 saturated carbocycles. The fourth-order valence-electron chi connectivity index (χ4n) is 3.02. The predicted octanol–water partition coefficient (Wildman–Crippen LogP) is 4.50. The van der Waals surface area contributed by atoms with Crippen LogP contribution < -0.4 is 10.2 Å². The number of benzene rings is 2. The Morgan fingerprint density at radius 2 is 1.88 bits per heavy atom. The number of unbranched alkanes of at least 4 members (excludes halogenated alkanes) is 1. The van der Waals surface area contributed by atoms with Crippen molar-refractivity contribution in [2.75, 3.05) is 22.5 Å². The van der Waals surface area contributed by atoms with Gasteiger partial charge in [0.2, 0.25) is 11.8 Å². The number of hydrogen-bond acceptors (Lipinski definition) is 3. The van der Waals surface area contributed by atoms with Crippen molar-refractivity contribution >= 4 is 35.0 Å². The van der Waals surface area contributed by atoms with Gasteiger partial charge in [0, 0.05) is 29.2 Å². The maximum absolute atomic E-state index is 12.5. The SMILES string of the molecule is CCCCC(=O)Nc1ccc(SCC(=O)N2CCc3ccccc32)cc1. The van der Waals surface area contributed by atoms with Crippen LogP contribution in [0.25, 0.3) is 0 Å². The zero-order valence-electron chi connectivity index (χ0n) is 15.0. The van der Waals surface area contributed by atoms with Gasteiger partial charge in [-0.1, -0.05) is 31.5 Å². The van der Waals surface area contributed by atoms with Crippen LogP contribution in [0, 0.1) is 0 Å². The maximum atomic E-state index is 12.5. The second kappa shape index (κ2) is 8.90. The minimum Gasteiger partial charge on any atom is -0.326 e. The Balaban J connectivity index is 1.51. The molecule has 2 amide bonds. The Morgan fingerprint density at radius 3 is 2.65 bits per heavy atom. The number of rotatable bonds is 7. The summed E-state index contributed by atoms with van der Waals surface area (Å²) < 4.78 is 0. The van der Waals surface area contributed by atoms with Crippen LogP contribution in [0.2, 0.25) is 0 Å². The van der Waals surface area contributed by atoms with E-state index >= 15 is 0 Å². The summed E-state index contributed by atoms with van der Waals surface area (Å²) in [6.07, 6.45) is 3.40. The van der Waals surface area contributed by atoms with Crippen molar-refractivity contribution in [2.45, 2.75) is 37.5 Å². The van der Waals surface area contributed by atoms with Crippen molar-refractivity contribution in [3.8, 4) is 0 Å². The zero-order chi connectivity index (χ0) is 18.4. The number of fused-ring (bicyclic) bond motifs is 1. The zero-order valence-corrected chi connectivity index (χ0v) is 15.8. The van der Waals surface area contributed by atoms with E-state index in [9.17, 15) is 9.59 Å². The predicted molar refractivity (Wildman–Crippen MR) is 108 cm³/mol. The molecule has 0 unspecified atom stereocenters. The number of carbonyl (C=O) groups is 2. The third-order valence-corrected chi connectivity index (χ3v) is 5.44. The summed E-state index contributed by atoms with van der Waals surface area (Å²) in [4.78, 5) is 27.2. The molecule has 1 heterocycles. The fraction of sp³-hybridized carbons (Fsp3) is 0.333. The topological polar surface area (TPSA) is 49.4 Å². The molecule has 26 heavy (non-hydrogen) atoms. The van der Waals surface area contributed by atoms with Gasteiger partial charge < -0.3 is 10.2 Å². The third-order valence-electron chi connectivity index (χ3n) is 4.45. The minimum atomic E-state index is 0.0510. The van der Waals surface area contributed by atoms with Crippen molar-refractivity contribution in [3.05, 3.63) is 54.1 Å². The highest BCUT2D eigenvalue weighted by Crippen LogP contribution is 2.29. The fourth-order valence-corrected chi connectivity index (χ4v) is 3.79. The molecule has 0 saturated heterocycles. The molecule has 0 spiro atoms.